The van der Waals surface area contributed by atoms with Gasteiger partial charge in [-0.1, -0.05) is 0 Å². The van der Waals surface area contributed by atoms with Crippen molar-refractivity contribution < 1.29 is 13.2 Å². The van der Waals surface area contributed by atoms with Gasteiger partial charge in [-0.25, -0.2) is 18.1 Å². The molecule has 3 heterocycles. The quantitative estimate of drug-likeness (QED) is 0.605. The number of carbonyl (C=O) groups is 1. The van der Waals surface area contributed by atoms with Crippen LogP contribution < -0.4 is 20.3 Å². The number of imidazole rings is 1. The molecule has 2 aliphatic carbocycles. The van der Waals surface area contributed by atoms with Gasteiger partial charge in [0.2, 0.25) is 10.0 Å². The first kappa shape index (κ1) is 21.7. The van der Waals surface area contributed by atoms with Crippen LogP contribution in [0, 0.1) is 0 Å². The smallest absolute Gasteiger partial charge is 0.270 e. The molecule has 174 valence electrons. The van der Waals surface area contributed by atoms with E-state index in [-0.39, 0.29) is 34.5 Å². The van der Waals surface area contributed by atoms with Crippen LogP contribution in [0.2, 0.25) is 0 Å². The molecule has 32 heavy (non-hydrogen) atoms. The van der Waals surface area contributed by atoms with Crippen LogP contribution in [0.5, 0.6) is 0 Å². The van der Waals surface area contributed by atoms with Gasteiger partial charge in [-0.15, -0.1) is 0 Å². The summed E-state index contributed by atoms with van der Waals surface area (Å²) in [5.41, 5.74) is 1.31. The fourth-order valence-electron chi connectivity index (χ4n) is 4.60. The molecule has 1 aliphatic heterocycles. The van der Waals surface area contributed by atoms with Gasteiger partial charge in [-0.05, 0) is 58.9 Å². The summed E-state index contributed by atoms with van der Waals surface area (Å²) in [7, 11) is -3.74. The van der Waals surface area contributed by atoms with Crippen molar-refractivity contribution in [2.45, 2.75) is 81.4 Å². The molecule has 0 radical (unpaired) electrons. The Morgan fingerprint density at radius 1 is 1.22 bits per heavy atom. The normalized spacial score (nSPS) is 25.5. The maximum absolute atomic E-state index is 13.3. The molecule has 3 N–H and O–H groups in total. The van der Waals surface area contributed by atoms with Crippen LogP contribution in [-0.2, 0) is 10.0 Å². The van der Waals surface area contributed by atoms with E-state index in [1.54, 1.807) is 16.7 Å². The summed E-state index contributed by atoms with van der Waals surface area (Å²) < 4.78 is 31.0. The first-order valence-corrected chi connectivity index (χ1v) is 13.0. The number of nitrogens with one attached hydrogen (secondary N) is 3. The lowest BCUT2D eigenvalue weighted by Gasteiger charge is -2.37. The van der Waals surface area contributed by atoms with Crippen molar-refractivity contribution in [3.05, 3.63) is 24.2 Å². The molecular weight excluding hydrogens is 428 g/mol. The monoisotopic (exact) mass is 460 g/mol. The first-order valence-electron chi connectivity index (χ1n) is 11.5. The Balaban J connectivity index is 1.59. The minimum Gasteiger partial charge on any atom is -0.365 e. The van der Waals surface area contributed by atoms with E-state index in [9.17, 15) is 13.2 Å². The van der Waals surface area contributed by atoms with E-state index < -0.39 is 10.0 Å². The number of piperazine rings is 1. The van der Waals surface area contributed by atoms with Gasteiger partial charge < -0.3 is 15.5 Å². The topological polar surface area (TPSA) is 108 Å². The summed E-state index contributed by atoms with van der Waals surface area (Å²) in [4.78, 5) is 19.8. The summed E-state index contributed by atoms with van der Waals surface area (Å²) >= 11 is 0. The summed E-state index contributed by atoms with van der Waals surface area (Å²) in [5, 5.41) is 6.55. The number of pyridine rings is 1. The van der Waals surface area contributed by atoms with E-state index in [4.69, 9.17) is 0 Å². The third-order valence-electron chi connectivity index (χ3n) is 6.82. The van der Waals surface area contributed by atoms with E-state index in [1.165, 1.54) is 6.20 Å². The minimum absolute atomic E-state index is 0.155. The SMILES string of the molecule is C[C@H]1CN(c2cc(S(=O)(=O)NC3(C)CC3)cn3c(C(=O)NC4CCC4)cnc23)C[C@H](C)N1. The number of hydrogen-bond donors (Lipinski definition) is 3. The van der Waals surface area contributed by atoms with Crippen LogP contribution in [0.15, 0.2) is 23.4 Å². The predicted molar refractivity (Wildman–Crippen MR) is 123 cm³/mol. The van der Waals surface area contributed by atoms with Gasteiger partial charge in [0.05, 0.1) is 11.9 Å². The highest BCUT2D eigenvalue weighted by Crippen LogP contribution is 2.36. The van der Waals surface area contributed by atoms with E-state index in [0.717, 1.165) is 50.9 Å². The van der Waals surface area contributed by atoms with Crippen molar-refractivity contribution in [2.75, 3.05) is 18.0 Å². The number of fused-ring (bicyclic) bond motifs is 1. The third kappa shape index (κ3) is 4.11. The molecule has 1 saturated heterocycles. The summed E-state index contributed by atoms with van der Waals surface area (Å²) in [6.07, 6.45) is 7.81. The summed E-state index contributed by atoms with van der Waals surface area (Å²) in [6.45, 7) is 7.59. The number of rotatable bonds is 6. The molecule has 1 amide bonds. The van der Waals surface area contributed by atoms with Crippen molar-refractivity contribution in [1.29, 1.82) is 0 Å². The molecule has 0 aromatic carbocycles. The second kappa shape index (κ2) is 7.71. The minimum atomic E-state index is -3.74. The maximum Gasteiger partial charge on any atom is 0.270 e. The lowest BCUT2D eigenvalue weighted by atomic mass is 9.93. The van der Waals surface area contributed by atoms with Gasteiger partial charge in [0, 0.05) is 43.0 Å². The first-order chi connectivity index (χ1) is 15.1. The molecule has 10 heteroatoms. The van der Waals surface area contributed by atoms with Crippen molar-refractivity contribution >= 4 is 27.3 Å². The van der Waals surface area contributed by atoms with Crippen LogP contribution in [0.3, 0.4) is 0 Å². The highest BCUT2D eigenvalue weighted by atomic mass is 32.2. The van der Waals surface area contributed by atoms with Crippen LogP contribution in [0.25, 0.3) is 5.65 Å². The van der Waals surface area contributed by atoms with Gasteiger partial charge in [0.25, 0.3) is 5.91 Å². The van der Waals surface area contributed by atoms with E-state index >= 15 is 0 Å². The Labute approximate surface area is 189 Å². The fraction of sp³-hybridized carbons (Fsp3) is 0.636. The number of amides is 1. The lowest BCUT2D eigenvalue weighted by Crippen LogP contribution is -2.54. The largest absolute Gasteiger partial charge is 0.365 e. The molecule has 3 fully saturated rings. The van der Waals surface area contributed by atoms with E-state index in [1.807, 2.05) is 6.92 Å². The number of anilines is 1. The molecule has 0 spiro atoms. The van der Waals surface area contributed by atoms with Crippen LogP contribution >= 0.6 is 0 Å². The predicted octanol–water partition coefficient (Wildman–Crippen LogP) is 1.63. The summed E-state index contributed by atoms with van der Waals surface area (Å²) in [5.74, 6) is -0.216. The van der Waals surface area contributed by atoms with Gasteiger partial charge >= 0.3 is 0 Å². The second-order valence-corrected chi connectivity index (χ2v) is 11.7. The van der Waals surface area contributed by atoms with Crippen molar-refractivity contribution in [1.82, 2.24) is 24.7 Å². The zero-order chi connectivity index (χ0) is 22.7. The maximum atomic E-state index is 13.3. The molecule has 2 aromatic rings. The Kier molecular flexibility index (Phi) is 5.22. The molecule has 0 bridgehead atoms. The van der Waals surface area contributed by atoms with Crippen molar-refractivity contribution in [3.63, 3.8) is 0 Å². The average Bonchev–Trinajstić information content (AvgIpc) is 3.23. The van der Waals surface area contributed by atoms with E-state index in [0.29, 0.717) is 11.3 Å². The number of nitrogens with zero attached hydrogens (tertiary/aromatic N) is 3. The zero-order valence-corrected chi connectivity index (χ0v) is 19.7. The zero-order valence-electron chi connectivity index (χ0n) is 18.9. The molecule has 2 aromatic heterocycles. The highest BCUT2D eigenvalue weighted by Gasteiger charge is 2.41. The fourth-order valence-corrected chi connectivity index (χ4v) is 6.08. The van der Waals surface area contributed by atoms with Gasteiger partial charge in [-0.2, -0.15) is 0 Å². The number of carbonyl (C=O) groups excluding carboxylic acids is 1. The summed E-state index contributed by atoms with van der Waals surface area (Å²) in [6, 6.07) is 2.39. The second-order valence-electron chi connectivity index (χ2n) is 10.0. The van der Waals surface area contributed by atoms with Crippen LogP contribution in [-0.4, -0.2) is 60.5 Å². The Morgan fingerprint density at radius 3 is 2.50 bits per heavy atom. The van der Waals surface area contributed by atoms with Gasteiger partial charge in [0.15, 0.2) is 5.65 Å². The molecule has 0 unspecified atom stereocenters. The third-order valence-corrected chi connectivity index (χ3v) is 8.43. The van der Waals surface area contributed by atoms with Crippen LogP contribution in [0.1, 0.15) is 63.4 Å². The molecule has 5 rings (SSSR count). The van der Waals surface area contributed by atoms with Gasteiger partial charge in [-0.3, -0.25) is 9.20 Å². The Morgan fingerprint density at radius 2 is 1.91 bits per heavy atom. The van der Waals surface area contributed by atoms with Crippen LogP contribution in [0.4, 0.5) is 5.69 Å². The van der Waals surface area contributed by atoms with Gasteiger partial charge in [0.1, 0.15) is 10.6 Å². The Bertz CT molecular complexity index is 1140. The van der Waals surface area contributed by atoms with E-state index in [2.05, 4.69) is 39.1 Å². The number of aromatic nitrogens is 2. The standard InChI is InChI=1S/C22H32N6O3S/c1-14-11-27(12-15(2)24-14)18-9-17(32(30,31)26-22(3)7-8-22)13-28-19(10-23-20(18)28)21(29)25-16-5-4-6-16/h9-10,13-16,24,26H,4-8,11-12H2,1-3H3,(H,25,29)/t14-,15-/m0/s1. The molecule has 3 aliphatic rings. The Hall–Kier alpha value is -2.17. The van der Waals surface area contributed by atoms with Crippen molar-refractivity contribution in [3.8, 4) is 0 Å². The highest BCUT2D eigenvalue weighted by molar-refractivity contribution is 7.89. The molecular formula is C22H32N6O3S. The van der Waals surface area contributed by atoms with Crippen molar-refractivity contribution in [2.24, 2.45) is 0 Å². The molecule has 9 nitrogen and oxygen atoms in total. The number of hydrogen-bond acceptors (Lipinski definition) is 6. The lowest BCUT2D eigenvalue weighted by molar-refractivity contribution is 0.0911. The number of sulfonamides is 1. The average molecular weight is 461 g/mol. The molecule has 2 saturated carbocycles. The molecule has 2 atom stereocenters.